The van der Waals surface area contributed by atoms with Crippen molar-refractivity contribution >= 4 is 39.6 Å². The molecule has 1 aromatic heterocycles. The Bertz CT molecular complexity index is 912. The number of amides is 1. The number of thiophene rings is 1. The highest BCUT2D eigenvalue weighted by Crippen LogP contribution is 2.38. The van der Waals surface area contributed by atoms with Crippen LogP contribution < -0.4 is 5.32 Å². The summed E-state index contributed by atoms with van der Waals surface area (Å²) in [5, 5.41) is 17.6. The lowest BCUT2D eigenvalue weighted by Gasteiger charge is -2.08. The molecule has 0 saturated heterocycles. The quantitative estimate of drug-likeness (QED) is 0.889. The number of rotatable bonds is 3. The first-order chi connectivity index (χ1) is 12.2. The van der Waals surface area contributed by atoms with Crippen molar-refractivity contribution < 1.29 is 9.63 Å². The molecule has 0 fully saturated rings. The Kier molecular flexibility index (Phi) is 4.20. The predicted octanol–water partition coefficient (Wildman–Crippen LogP) is 3.89. The summed E-state index contributed by atoms with van der Waals surface area (Å²) >= 11 is 7.38. The van der Waals surface area contributed by atoms with Crippen LogP contribution in [0.5, 0.6) is 0 Å². The summed E-state index contributed by atoms with van der Waals surface area (Å²) in [5.41, 5.74) is 3.29. The SMILES string of the molecule is N#Cc1c(NC(=O)C2CC(c3ccc(Cl)cc3)=NO2)sc2c1CCC2. The van der Waals surface area contributed by atoms with Gasteiger partial charge in [0.25, 0.3) is 5.91 Å². The third-order valence-electron chi connectivity index (χ3n) is 4.41. The van der Waals surface area contributed by atoms with E-state index in [1.807, 2.05) is 12.1 Å². The van der Waals surface area contributed by atoms with E-state index in [1.165, 1.54) is 16.2 Å². The van der Waals surface area contributed by atoms with Crippen LogP contribution in [0.15, 0.2) is 29.4 Å². The Hall–Kier alpha value is -2.36. The van der Waals surface area contributed by atoms with Gasteiger partial charge in [0.1, 0.15) is 11.1 Å². The molecular formula is C18H14ClN3O2S. The Morgan fingerprint density at radius 2 is 2.16 bits per heavy atom. The van der Waals surface area contributed by atoms with E-state index >= 15 is 0 Å². The Morgan fingerprint density at radius 3 is 2.92 bits per heavy atom. The fourth-order valence-electron chi connectivity index (χ4n) is 3.13. The number of hydrogen-bond acceptors (Lipinski definition) is 5. The fraction of sp³-hybridized carbons (Fsp3) is 0.278. The number of halogens is 1. The number of nitrogens with zero attached hydrogens (tertiary/aromatic N) is 2. The number of benzene rings is 1. The van der Waals surface area contributed by atoms with Crippen LogP contribution in [0.25, 0.3) is 0 Å². The molecule has 0 radical (unpaired) electrons. The molecule has 1 aromatic carbocycles. The standard InChI is InChI=1S/C18H14ClN3O2S/c19-11-6-4-10(5-7-11)14-8-15(24-22-14)17(23)21-18-13(9-20)12-2-1-3-16(12)25-18/h4-7,15H,1-3,8H2,(H,21,23). The van der Waals surface area contributed by atoms with Gasteiger partial charge in [0.2, 0.25) is 6.10 Å². The van der Waals surface area contributed by atoms with Crippen LogP contribution in [0.3, 0.4) is 0 Å². The van der Waals surface area contributed by atoms with Crippen LogP contribution in [-0.4, -0.2) is 17.7 Å². The van der Waals surface area contributed by atoms with E-state index in [0.717, 1.165) is 30.4 Å². The summed E-state index contributed by atoms with van der Waals surface area (Å²) in [6, 6.07) is 9.48. The van der Waals surface area contributed by atoms with E-state index in [2.05, 4.69) is 16.5 Å². The van der Waals surface area contributed by atoms with Crippen molar-refractivity contribution in [1.82, 2.24) is 0 Å². The normalized spacial score (nSPS) is 18.2. The maximum absolute atomic E-state index is 12.5. The second-order valence-electron chi connectivity index (χ2n) is 6.01. The van der Waals surface area contributed by atoms with Gasteiger partial charge < -0.3 is 10.2 Å². The number of nitrogens with one attached hydrogen (secondary N) is 1. The molecule has 126 valence electrons. The van der Waals surface area contributed by atoms with Crippen LogP contribution in [0, 0.1) is 11.3 Å². The minimum atomic E-state index is -0.686. The molecule has 4 rings (SSSR count). The van der Waals surface area contributed by atoms with Crippen molar-refractivity contribution in [2.75, 3.05) is 5.32 Å². The van der Waals surface area contributed by atoms with Crippen LogP contribution >= 0.6 is 22.9 Å². The van der Waals surface area contributed by atoms with E-state index in [9.17, 15) is 10.1 Å². The van der Waals surface area contributed by atoms with Crippen LogP contribution in [0.1, 0.15) is 34.4 Å². The average molecular weight is 372 g/mol. The number of anilines is 1. The molecular weight excluding hydrogens is 358 g/mol. The maximum Gasteiger partial charge on any atom is 0.269 e. The van der Waals surface area contributed by atoms with Crippen LogP contribution in [0.2, 0.25) is 5.02 Å². The lowest BCUT2D eigenvalue weighted by molar-refractivity contribution is -0.125. The minimum Gasteiger partial charge on any atom is -0.382 e. The molecule has 0 saturated carbocycles. The van der Waals surface area contributed by atoms with E-state index < -0.39 is 6.10 Å². The lowest BCUT2D eigenvalue weighted by atomic mass is 10.0. The molecule has 2 heterocycles. The summed E-state index contributed by atoms with van der Waals surface area (Å²) in [5.74, 6) is -0.274. The fourth-order valence-corrected chi connectivity index (χ4v) is 4.50. The van der Waals surface area contributed by atoms with E-state index in [0.29, 0.717) is 27.7 Å². The van der Waals surface area contributed by atoms with Gasteiger partial charge in [-0.15, -0.1) is 11.3 Å². The number of hydrogen-bond donors (Lipinski definition) is 1. The maximum atomic E-state index is 12.5. The van der Waals surface area contributed by atoms with E-state index in [-0.39, 0.29) is 5.91 Å². The van der Waals surface area contributed by atoms with Gasteiger partial charge in [0, 0.05) is 16.3 Å². The molecule has 1 aliphatic carbocycles. The van der Waals surface area contributed by atoms with Crippen molar-refractivity contribution in [2.24, 2.45) is 5.16 Å². The Balaban J connectivity index is 1.45. The molecule has 2 aromatic rings. The highest BCUT2D eigenvalue weighted by Gasteiger charge is 2.31. The monoisotopic (exact) mass is 371 g/mol. The third-order valence-corrected chi connectivity index (χ3v) is 5.87. The minimum absolute atomic E-state index is 0.274. The molecule has 1 atom stereocenters. The van der Waals surface area contributed by atoms with Gasteiger partial charge in [-0.3, -0.25) is 4.79 Å². The topological polar surface area (TPSA) is 74.5 Å². The predicted molar refractivity (Wildman–Crippen MR) is 97.2 cm³/mol. The Labute approximate surface area is 153 Å². The first kappa shape index (κ1) is 16.1. The van der Waals surface area contributed by atoms with Crippen molar-refractivity contribution in [3.05, 3.63) is 50.9 Å². The van der Waals surface area contributed by atoms with E-state index in [4.69, 9.17) is 16.4 Å². The molecule has 1 unspecified atom stereocenters. The average Bonchev–Trinajstić information content (AvgIpc) is 3.30. The van der Waals surface area contributed by atoms with Gasteiger partial charge in [-0.2, -0.15) is 5.26 Å². The summed E-state index contributed by atoms with van der Waals surface area (Å²) in [4.78, 5) is 19.0. The smallest absolute Gasteiger partial charge is 0.269 e. The molecule has 0 spiro atoms. The second kappa shape index (κ2) is 6.51. The number of nitriles is 1. The second-order valence-corrected chi connectivity index (χ2v) is 7.55. The van der Waals surface area contributed by atoms with Gasteiger partial charge >= 0.3 is 0 Å². The summed E-state index contributed by atoms with van der Waals surface area (Å²) < 4.78 is 0. The van der Waals surface area contributed by atoms with Crippen LogP contribution in [0.4, 0.5) is 5.00 Å². The Morgan fingerprint density at radius 1 is 1.36 bits per heavy atom. The van der Waals surface area contributed by atoms with E-state index in [1.54, 1.807) is 12.1 Å². The molecule has 5 nitrogen and oxygen atoms in total. The lowest BCUT2D eigenvalue weighted by Crippen LogP contribution is -2.28. The zero-order valence-electron chi connectivity index (χ0n) is 13.2. The zero-order chi connectivity index (χ0) is 17.4. The molecule has 0 bridgehead atoms. The molecule has 1 N–H and O–H groups in total. The number of aryl methyl sites for hydroxylation is 1. The van der Waals surface area contributed by atoms with Crippen LogP contribution in [-0.2, 0) is 22.5 Å². The molecule has 1 aliphatic heterocycles. The van der Waals surface area contributed by atoms with Gasteiger partial charge in [-0.1, -0.05) is 28.9 Å². The van der Waals surface area contributed by atoms with Gasteiger partial charge in [-0.25, -0.2) is 0 Å². The number of carbonyl (C=O) groups is 1. The molecule has 2 aliphatic rings. The summed E-state index contributed by atoms with van der Waals surface area (Å²) in [6.45, 7) is 0. The highest BCUT2D eigenvalue weighted by molar-refractivity contribution is 7.16. The van der Waals surface area contributed by atoms with Gasteiger partial charge in [-0.05, 0) is 42.5 Å². The number of carbonyl (C=O) groups excluding carboxylic acids is 1. The third kappa shape index (κ3) is 3.01. The molecule has 25 heavy (non-hydrogen) atoms. The zero-order valence-corrected chi connectivity index (χ0v) is 14.8. The highest BCUT2D eigenvalue weighted by atomic mass is 35.5. The molecule has 7 heteroatoms. The van der Waals surface area contributed by atoms with Crippen molar-refractivity contribution in [3.63, 3.8) is 0 Å². The number of fused-ring (bicyclic) bond motifs is 1. The van der Waals surface area contributed by atoms with Crippen molar-refractivity contribution in [1.29, 1.82) is 5.26 Å². The first-order valence-corrected chi connectivity index (χ1v) is 9.19. The largest absolute Gasteiger partial charge is 0.382 e. The summed E-state index contributed by atoms with van der Waals surface area (Å²) in [7, 11) is 0. The number of oxime groups is 1. The van der Waals surface area contributed by atoms with Gasteiger partial charge in [0.05, 0.1) is 11.3 Å². The first-order valence-electron chi connectivity index (χ1n) is 8.00. The molecule has 1 amide bonds. The van der Waals surface area contributed by atoms with Crippen molar-refractivity contribution in [3.8, 4) is 6.07 Å². The summed E-state index contributed by atoms with van der Waals surface area (Å²) in [6.07, 6.45) is 2.67. The van der Waals surface area contributed by atoms with Gasteiger partial charge in [0.15, 0.2) is 0 Å². The van der Waals surface area contributed by atoms with Crippen molar-refractivity contribution in [2.45, 2.75) is 31.8 Å².